The largest absolute Gasteiger partial charge is 0.464 e. The van der Waals surface area contributed by atoms with E-state index in [2.05, 4.69) is 32.5 Å². The number of aromatic nitrogens is 3. The molecular weight excluding hydrogens is 274 g/mol. The Balaban J connectivity index is 2.05. The number of nitrogens with zero attached hydrogens (tertiary/aromatic N) is 3. The van der Waals surface area contributed by atoms with Crippen LogP contribution in [0.2, 0.25) is 0 Å². The molecule has 1 atom stereocenters. The van der Waals surface area contributed by atoms with Crippen LogP contribution in [0.1, 0.15) is 33.6 Å². The lowest BCUT2D eigenvalue weighted by molar-refractivity contribution is 0.312. The van der Waals surface area contributed by atoms with Crippen molar-refractivity contribution in [1.29, 1.82) is 0 Å². The number of thioether (sulfide) groups is 1. The van der Waals surface area contributed by atoms with Crippen molar-refractivity contribution in [3.63, 3.8) is 0 Å². The highest BCUT2D eigenvalue weighted by atomic mass is 32.2. The van der Waals surface area contributed by atoms with Gasteiger partial charge in [-0.1, -0.05) is 0 Å². The molecule has 1 aromatic heterocycles. The first-order chi connectivity index (χ1) is 9.65. The molecule has 6 nitrogen and oxygen atoms in total. The minimum atomic E-state index is 0.275. The molecule has 2 rings (SSSR count). The number of hydrogen-bond acceptors (Lipinski definition) is 7. The van der Waals surface area contributed by atoms with Gasteiger partial charge in [-0.3, -0.25) is 0 Å². The van der Waals surface area contributed by atoms with Gasteiger partial charge in [0, 0.05) is 17.8 Å². The van der Waals surface area contributed by atoms with E-state index in [1.165, 1.54) is 18.6 Å². The van der Waals surface area contributed by atoms with Crippen LogP contribution in [0, 0.1) is 0 Å². The van der Waals surface area contributed by atoms with E-state index in [1.54, 1.807) is 0 Å². The fourth-order valence-electron chi connectivity index (χ4n) is 2.11. The van der Waals surface area contributed by atoms with Crippen LogP contribution >= 0.6 is 11.8 Å². The maximum Gasteiger partial charge on any atom is 0.323 e. The number of rotatable bonds is 7. The molecule has 0 saturated carbocycles. The maximum atomic E-state index is 5.38. The van der Waals surface area contributed by atoms with Gasteiger partial charge in [0.25, 0.3) is 0 Å². The van der Waals surface area contributed by atoms with E-state index in [4.69, 9.17) is 4.74 Å². The van der Waals surface area contributed by atoms with E-state index in [0.717, 1.165) is 13.1 Å². The number of nitrogens with one attached hydrogen (secondary N) is 2. The van der Waals surface area contributed by atoms with Crippen LogP contribution in [0.5, 0.6) is 6.01 Å². The van der Waals surface area contributed by atoms with Crippen molar-refractivity contribution in [3.05, 3.63) is 0 Å². The fourth-order valence-corrected chi connectivity index (χ4v) is 3.35. The molecule has 0 aromatic carbocycles. The lowest BCUT2D eigenvalue weighted by atomic mass is 10.1. The monoisotopic (exact) mass is 297 g/mol. The summed E-state index contributed by atoms with van der Waals surface area (Å²) < 4.78 is 5.66. The lowest BCUT2D eigenvalue weighted by Gasteiger charge is -2.22. The second-order valence-electron chi connectivity index (χ2n) is 4.98. The van der Waals surface area contributed by atoms with Crippen molar-refractivity contribution in [3.8, 4) is 6.01 Å². The van der Waals surface area contributed by atoms with Crippen LogP contribution < -0.4 is 15.4 Å². The van der Waals surface area contributed by atoms with E-state index in [0.29, 0.717) is 24.5 Å². The zero-order valence-corrected chi connectivity index (χ0v) is 13.2. The second kappa shape index (κ2) is 6.97. The van der Waals surface area contributed by atoms with Gasteiger partial charge in [-0.05, 0) is 39.4 Å². The summed E-state index contributed by atoms with van der Waals surface area (Å²) in [7, 11) is 0. The summed E-state index contributed by atoms with van der Waals surface area (Å²) in [6, 6.07) is 0.366. The van der Waals surface area contributed by atoms with Crippen molar-refractivity contribution in [1.82, 2.24) is 15.0 Å². The molecule has 1 unspecified atom stereocenters. The lowest BCUT2D eigenvalue weighted by Crippen LogP contribution is -2.28. The smallest absolute Gasteiger partial charge is 0.323 e. The summed E-state index contributed by atoms with van der Waals surface area (Å²) in [5, 5.41) is 6.42. The molecule has 1 aliphatic rings. The Kier molecular flexibility index (Phi) is 5.28. The van der Waals surface area contributed by atoms with Gasteiger partial charge >= 0.3 is 6.01 Å². The van der Waals surface area contributed by atoms with Gasteiger partial charge in [0.05, 0.1) is 6.61 Å². The molecule has 0 spiro atoms. The Morgan fingerprint density at radius 2 is 1.95 bits per heavy atom. The Bertz CT molecular complexity index is 413. The van der Waals surface area contributed by atoms with Crippen LogP contribution in [0.4, 0.5) is 11.9 Å². The van der Waals surface area contributed by atoms with Crippen molar-refractivity contribution in [2.75, 3.05) is 36.1 Å². The van der Waals surface area contributed by atoms with Crippen LogP contribution in [0.3, 0.4) is 0 Å². The molecule has 112 valence electrons. The molecule has 0 aliphatic carbocycles. The van der Waals surface area contributed by atoms with Gasteiger partial charge in [0.15, 0.2) is 0 Å². The number of anilines is 2. The molecule has 2 N–H and O–H groups in total. The highest BCUT2D eigenvalue weighted by Gasteiger charge is 2.29. The first-order valence-corrected chi connectivity index (χ1v) is 8.14. The van der Waals surface area contributed by atoms with Gasteiger partial charge < -0.3 is 15.4 Å². The minimum Gasteiger partial charge on any atom is -0.464 e. The second-order valence-corrected chi connectivity index (χ2v) is 6.67. The molecular formula is C13H23N5OS. The maximum absolute atomic E-state index is 5.38. The zero-order chi connectivity index (χ0) is 14.4. The predicted molar refractivity (Wildman–Crippen MR) is 83.7 cm³/mol. The Labute approximate surface area is 124 Å². The average molecular weight is 297 g/mol. The van der Waals surface area contributed by atoms with E-state index in [1.807, 2.05) is 25.6 Å². The molecule has 7 heteroatoms. The van der Waals surface area contributed by atoms with E-state index in [-0.39, 0.29) is 4.75 Å². The number of hydrogen-bond donors (Lipinski definition) is 2. The van der Waals surface area contributed by atoms with Crippen molar-refractivity contribution >= 4 is 23.7 Å². The summed E-state index contributed by atoms with van der Waals surface area (Å²) in [6.45, 7) is 8.38. The van der Waals surface area contributed by atoms with Crippen LogP contribution in [-0.2, 0) is 0 Å². The van der Waals surface area contributed by atoms with Gasteiger partial charge in [-0.25, -0.2) is 0 Å². The molecule has 1 aromatic rings. The molecule has 0 amide bonds. The fraction of sp³-hybridized carbons (Fsp3) is 0.769. The minimum absolute atomic E-state index is 0.275. The quantitative estimate of drug-likeness (QED) is 0.800. The molecule has 20 heavy (non-hydrogen) atoms. The van der Waals surface area contributed by atoms with E-state index < -0.39 is 0 Å². The van der Waals surface area contributed by atoms with Gasteiger partial charge in [0.1, 0.15) is 0 Å². The highest BCUT2D eigenvalue weighted by molar-refractivity contribution is 8.00. The molecule has 0 radical (unpaired) electrons. The molecule has 0 bridgehead atoms. The van der Waals surface area contributed by atoms with Crippen LogP contribution in [-0.4, -0.2) is 45.1 Å². The Hall–Kier alpha value is -1.24. The first-order valence-electron chi connectivity index (χ1n) is 7.16. The van der Waals surface area contributed by atoms with E-state index >= 15 is 0 Å². The third-order valence-electron chi connectivity index (χ3n) is 3.14. The van der Waals surface area contributed by atoms with E-state index in [9.17, 15) is 0 Å². The summed E-state index contributed by atoms with van der Waals surface area (Å²) >= 11 is 2.01. The van der Waals surface area contributed by atoms with Crippen molar-refractivity contribution in [2.45, 2.75) is 38.4 Å². The van der Waals surface area contributed by atoms with Crippen LogP contribution in [0.25, 0.3) is 0 Å². The summed E-state index contributed by atoms with van der Waals surface area (Å²) in [5.41, 5.74) is 0. The standard InChI is InChI=1S/C13H23N5OS/c1-4-14-10-16-11(18-12(17-10)19-5-2)15-9-13(3)7-6-8-20-13/h4-9H2,1-3H3,(H2,14,15,16,17,18). The SMILES string of the molecule is CCNc1nc(NCC2(C)CCCS2)nc(OCC)n1. The third kappa shape index (κ3) is 4.13. The van der Waals surface area contributed by atoms with Gasteiger partial charge in [-0.15, -0.1) is 0 Å². The Morgan fingerprint density at radius 1 is 1.20 bits per heavy atom. The Morgan fingerprint density at radius 3 is 2.55 bits per heavy atom. The van der Waals surface area contributed by atoms with Gasteiger partial charge in [0.2, 0.25) is 11.9 Å². The molecule has 2 heterocycles. The zero-order valence-electron chi connectivity index (χ0n) is 12.4. The number of ether oxygens (including phenoxy) is 1. The van der Waals surface area contributed by atoms with Crippen molar-refractivity contribution in [2.24, 2.45) is 0 Å². The average Bonchev–Trinajstić information content (AvgIpc) is 2.85. The van der Waals surface area contributed by atoms with Gasteiger partial charge in [-0.2, -0.15) is 26.7 Å². The first kappa shape index (κ1) is 15.2. The molecule has 1 fully saturated rings. The van der Waals surface area contributed by atoms with Crippen molar-refractivity contribution < 1.29 is 4.74 Å². The predicted octanol–water partition coefficient (Wildman–Crippen LogP) is 2.40. The van der Waals surface area contributed by atoms with Crippen LogP contribution in [0.15, 0.2) is 0 Å². The topological polar surface area (TPSA) is 72.0 Å². The summed E-state index contributed by atoms with van der Waals surface area (Å²) in [5.74, 6) is 2.37. The normalized spacial score (nSPS) is 21.8. The third-order valence-corrected chi connectivity index (χ3v) is 4.68. The molecule has 1 aliphatic heterocycles. The molecule has 1 saturated heterocycles. The summed E-state index contributed by atoms with van der Waals surface area (Å²) in [6.07, 6.45) is 2.51. The summed E-state index contributed by atoms with van der Waals surface area (Å²) in [4.78, 5) is 12.9. The highest BCUT2D eigenvalue weighted by Crippen LogP contribution is 2.37.